The third kappa shape index (κ3) is 15.1. The second-order valence-electron chi connectivity index (χ2n) is 1.18. The van der Waals surface area contributed by atoms with E-state index in [1.54, 1.807) is 0 Å². The first-order valence-electron chi connectivity index (χ1n) is 2.17. The van der Waals surface area contributed by atoms with Gasteiger partial charge in [-0.15, -0.1) is 12.6 Å². The number of nitriles is 1. The van der Waals surface area contributed by atoms with E-state index < -0.39 is 5.97 Å². The monoisotopic (exact) mass is 256 g/mol. The Balaban J connectivity index is -0.000000405. The van der Waals surface area contributed by atoms with E-state index in [9.17, 15) is 4.79 Å². The van der Waals surface area contributed by atoms with Gasteiger partial charge in [0.05, 0.1) is 5.75 Å². The van der Waals surface area contributed by atoms with Crippen LogP contribution in [0.4, 0.5) is 0 Å². The van der Waals surface area contributed by atoms with Gasteiger partial charge >= 0.3 is 109 Å². The number of carbonyl (C=O) groups is 1. The summed E-state index contributed by atoms with van der Waals surface area (Å²) in [6.45, 7) is 0. The molecule has 0 rings (SSSR count). The fourth-order valence-electron chi connectivity index (χ4n) is 0.201. The summed E-state index contributed by atoms with van der Waals surface area (Å²) < 4.78 is 0.171. The predicted molar refractivity (Wildman–Crippen MR) is 56.4 cm³/mol. The Labute approximate surface area is 165 Å². The van der Waals surface area contributed by atoms with Crippen molar-refractivity contribution >= 4 is 138 Å². The van der Waals surface area contributed by atoms with Crippen LogP contribution in [-0.4, -0.2) is 124 Å². The summed E-state index contributed by atoms with van der Waals surface area (Å²) in [5.41, 5.74) is 0. The molecule has 0 aliphatic carbocycles. The average molecular weight is 256 g/mol. The van der Waals surface area contributed by atoms with Crippen molar-refractivity contribution in [3.8, 4) is 6.19 Å². The van der Waals surface area contributed by atoms with Crippen LogP contribution in [0.5, 0.6) is 0 Å². The summed E-state index contributed by atoms with van der Waals surface area (Å²) in [4.78, 5) is 13.1. The van der Waals surface area contributed by atoms with Crippen molar-refractivity contribution in [1.29, 1.82) is 5.26 Å². The number of thiol groups is 1. The molecule has 0 aromatic carbocycles. The molecule has 0 aliphatic heterocycles. The van der Waals surface area contributed by atoms with Gasteiger partial charge in [0.1, 0.15) is 4.38 Å². The van der Waals surface area contributed by atoms with Crippen LogP contribution in [0.1, 0.15) is 0 Å². The van der Waals surface area contributed by atoms with Gasteiger partial charge in [0.15, 0.2) is 0 Å². The van der Waals surface area contributed by atoms with E-state index in [1.165, 1.54) is 6.19 Å². The van der Waals surface area contributed by atoms with Crippen LogP contribution in [0.2, 0.25) is 0 Å². The number of rotatable bonds is 2. The molecule has 0 aliphatic rings. The van der Waals surface area contributed by atoms with Gasteiger partial charge in [-0.3, -0.25) is 4.79 Å². The van der Waals surface area contributed by atoms with Crippen molar-refractivity contribution in [3.63, 3.8) is 0 Å². The molecular weight excluding hydrogens is 250 g/mol. The molecule has 0 saturated carbocycles. The van der Waals surface area contributed by atoms with Gasteiger partial charge in [-0.05, 0) is 0 Å². The Morgan fingerprint density at radius 3 is 2.50 bits per heavy atom. The first-order valence-corrected chi connectivity index (χ1v) is 3.60. The Bertz CT molecular complexity index is 204. The molecule has 0 saturated heterocycles. The van der Waals surface area contributed by atoms with Crippen LogP contribution >= 0.6 is 24.4 Å². The standard InChI is InChI=1S/C4H4N2O2S2.2K.2H/c5-2-6-4(9)10-1-3(7)8;;;;/h1H2,(H,6,9)(H,7,8);;;;. The first kappa shape index (κ1) is 20.1. The van der Waals surface area contributed by atoms with Crippen LogP contribution in [-0.2, 0) is 4.79 Å². The van der Waals surface area contributed by atoms with Gasteiger partial charge < -0.3 is 5.11 Å². The third-order valence-corrected chi connectivity index (χ3v) is 1.70. The van der Waals surface area contributed by atoms with Gasteiger partial charge in [0.25, 0.3) is 0 Å². The van der Waals surface area contributed by atoms with E-state index in [4.69, 9.17) is 10.4 Å². The summed E-state index contributed by atoms with van der Waals surface area (Å²) in [5.74, 6) is -1.08. The zero-order valence-corrected chi connectivity index (χ0v) is 6.52. The molecule has 0 atom stereocenters. The molecule has 0 aromatic heterocycles. The second-order valence-corrected chi connectivity index (χ2v) is 2.87. The van der Waals surface area contributed by atoms with Gasteiger partial charge in [-0.25, -0.2) is 0 Å². The van der Waals surface area contributed by atoms with E-state index in [2.05, 4.69) is 17.6 Å². The molecule has 12 heavy (non-hydrogen) atoms. The van der Waals surface area contributed by atoms with Gasteiger partial charge in [-0.1, -0.05) is 11.8 Å². The van der Waals surface area contributed by atoms with Crippen LogP contribution in [0.15, 0.2) is 4.99 Å². The topological polar surface area (TPSA) is 73.5 Å². The number of carboxylic acid groups (broad SMARTS) is 1. The third-order valence-electron chi connectivity index (χ3n) is 0.470. The molecule has 0 spiro atoms. The van der Waals surface area contributed by atoms with Crippen LogP contribution in [0, 0.1) is 11.5 Å². The number of hydrogen-bond acceptors (Lipinski definition) is 4. The first-order chi connectivity index (χ1) is 4.66. The fourth-order valence-corrected chi connectivity index (χ4v) is 0.798. The summed E-state index contributed by atoms with van der Waals surface area (Å²) in [7, 11) is 0. The summed E-state index contributed by atoms with van der Waals surface area (Å²) in [6.07, 6.45) is 1.49. The molecule has 0 fully saturated rings. The van der Waals surface area contributed by atoms with Gasteiger partial charge in [0.2, 0.25) is 6.19 Å². The molecule has 1 N–H and O–H groups in total. The Hall–Kier alpha value is 2.60. The number of aliphatic imine (C=N–C) groups is 1. The Kier molecular flexibility index (Phi) is 22.8. The predicted octanol–water partition coefficient (Wildman–Crippen LogP) is -0.726. The molecule has 8 heteroatoms. The number of carboxylic acids is 1. The molecule has 0 unspecified atom stereocenters. The molecular formula is C4H6K2N2O2S2. The maximum absolute atomic E-state index is 9.92. The number of nitrogens with zero attached hydrogens (tertiary/aromatic N) is 2. The quantitative estimate of drug-likeness (QED) is 0.225. The van der Waals surface area contributed by atoms with Crippen molar-refractivity contribution in [2.24, 2.45) is 4.99 Å². The molecule has 0 heterocycles. The minimum atomic E-state index is -0.954. The minimum absolute atomic E-state index is 0. The zero-order valence-electron chi connectivity index (χ0n) is 4.81. The second kappa shape index (κ2) is 13.6. The summed E-state index contributed by atoms with van der Waals surface area (Å²) in [6, 6.07) is 0. The van der Waals surface area contributed by atoms with E-state index >= 15 is 0 Å². The van der Waals surface area contributed by atoms with E-state index in [-0.39, 0.29) is 113 Å². The summed E-state index contributed by atoms with van der Waals surface area (Å²) >= 11 is 4.61. The Morgan fingerprint density at radius 1 is 1.67 bits per heavy atom. The maximum atomic E-state index is 9.92. The normalized spacial score (nSPS) is 8.83. The fraction of sp³-hybridized carbons (Fsp3) is 0.250. The molecule has 4 nitrogen and oxygen atoms in total. The SMILES string of the molecule is N#C/N=C(/S)SCC(=O)O.[KH].[KH]. The van der Waals surface area contributed by atoms with E-state index in [1.807, 2.05) is 0 Å². The van der Waals surface area contributed by atoms with Crippen LogP contribution in [0.3, 0.4) is 0 Å². The van der Waals surface area contributed by atoms with Gasteiger partial charge in [-0.2, -0.15) is 10.3 Å². The van der Waals surface area contributed by atoms with E-state index in [0.717, 1.165) is 11.8 Å². The Morgan fingerprint density at radius 2 is 2.17 bits per heavy atom. The molecule has 58 valence electrons. The number of hydrogen-bond donors (Lipinski definition) is 2. The molecule has 0 aromatic rings. The van der Waals surface area contributed by atoms with Crippen LogP contribution < -0.4 is 0 Å². The molecule has 0 bridgehead atoms. The zero-order chi connectivity index (χ0) is 7.98. The van der Waals surface area contributed by atoms with Crippen molar-refractivity contribution in [1.82, 2.24) is 0 Å². The van der Waals surface area contributed by atoms with Crippen LogP contribution in [0.25, 0.3) is 0 Å². The number of thioether (sulfide) groups is 1. The summed E-state index contributed by atoms with van der Waals surface area (Å²) in [5, 5.41) is 16.1. The van der Waals surface area contributed by atoms with Crippen molar-refractivity contribution in [2.75, 3.05) is 5.75 Å². The van der Waals surface area contributed by atoms with Crippen molar-refractivity contribution < 1.29 is 9.90 Å². The number of aliphatic carboxylic acids is 1. The molecule has 0 radical (unpaired) electrons. The van der Waals surface area contributed by atoms with Gasteiger partial charge in [0, 0.05) is 0 Å². The van der Waals surface area contributed by atoms with E-state index in [0.29, 0.717) is 0 Å². The average Bonchev–Trinajstić information content (AvgIpc) is 1.85. The molecule has 0 amide bonds. The van der Waals surface area contributed by atoms with Crippen molar-refractivity contribution in [2.45, 2.75) is 0 Å². The van der Waals surface area contributed by atoms with Crippen molar-refractivity contribution in [3.05, 3.63) is 0 Å².